The Kier molecular flexibility index (Phi) is 4.80. The molecule has 2 fully saturated rings. The maximum Gasteiger partial charge on any atom is 0.246 e. The van der Waals surface area contributed by atoms with Gasteiger partial charge in [0.25, 0.3) is 0 Å². The maximum absolute atomic E-state index is 11.7. The Morgan fingerprint density at radius 2 is 1.94 bits per heavy atom. The minimum Gasteiger partial charge on any atom is -0.368 e. The summed E-state index contributed by atoms with van der Waals surface area (Å²) in [5.41, 5.74) is 5.68. The Hall–Kier alpha value is -0.610. The second kappa shape index (κ2) is 6.36. The summed E-state index contributed by atoms with van der Waals surface area (Å²) < 4.78 is 5.69. The normalized spacial score (nSPS) is 29.7. The summed E-state index contributed by atoms with van der Waals surface area (Å²) in [4.78, 5) is 11.7. The number of amides is 1. The molecule has 1 amide bonds. The fraction of sp³-hybridized carbons (Fsp3) is 0.923. The highest BCUT2D eigenvalue weighted by Crippen LogP contribution is 2.27. The summed E-state index contributed by atoms with van der Waals surface area (Å²) in [6.07, 6.45) is 8.31. The van der Waals surface area contributed by atoms with Crippen LogP contribution in [0.25, 0.3) is 0 Å². The predicted octanol–water partition coefficient (Wildman–Crippen LogP) is 1.19. The van der Waals surface area contributed by atoms with E-state index >= 15 is 0 Å². The molecule has 0 bridgehead atoms. The molecule has 2 atom stereocenters. The van der Waals surface area contributed by atoms with E-state index in [0.29, 0.717) is 18.5 Å². The molecule has 3 N–H and O–H groups in total. The number of hydrogen-bond acceptors (Lipinski definition) is 3. The van der Waals surface area contributed by atoms with Gasteiger partial charge in [-0.05, 0) is 38.1 Å². The second-order valence-corrected chi connectivity index (χ2v) is 5.33. The summed E-state index contributed by atoms with van der Waals surface area (Å²) in [5, 5.41) is 3.04. The lowest BCUT2D eigenvalue weighted by atomic mass is 10.1. The van der Waals surface area contributed by atoms with Crippen LogP contribution >= 0.6 is 0 Å². The number of carbonyl (C=O) groups excluding carboxylic acids is 1. The number of carbonyl (C=O) groups is 1. The molecule has 2 saturated carbocycles. The molecule has 2 aliphatic carbocycles. The Morgan fingerprint density at radius 1 is 1.18 bits per heavy atom. The van der Waals surface area contributed by atoms with Crippen molar-refractivity contribution < 1.29 is 9.53 Å². The lowest BCUT2D eigenvalue weighted by molar-refractivity contribution is -0.129. The monoisotopic (exact) mass is 240 g/mol. The second-order valence-electron chi connectivity index (χ2n) is 5.33. The van der Waals surface area contributed by atoms with Gasteiger partial charge in [0, 0.05) is 6.04 Å². The van der Waals surface area contributed by atoms with Gasteiger partial charge in [0.05, 0.1) is 6.10 Å². The van der Waals surface area contributed by atoms with Crippen LogP contribution in [0.5, 0.6) is 0 Å². The quantitative estimate of drug-likeness (QED) is 0.758. The summed E-state index contributed by atoms with van der Waals surface area (Å²) >= 11 is 0. The Bertz CT molecular complexity index is 252. The summed E-state index contributed by atoms with van der Waals surface area (Å²) in [6, 6.07) is 0.389. The van der Waals surface area contributed by atoms with Gasteiger partial charge in [-0.2, -0.15) is 0 Å². The first kappa shape index (κ1) is 12.8. The van der Waals surface area contributed by atoms with Crippen molar-refractivity contribution in [3.63, 3.8) is 0 Å². The van der Waals surface area contributed by atoms with Crippen molar-refractivity contribution in [2.24, 2.45) is 11.7 Å². The Morgan fingerprint density at radius 3 is 2.65 bits per heavy atom. The van der Waals surface area contributed by atoms with Gasteiger partial charge >= 0.3 is 0 Å². The molecule has 2 unspecified atom stereocenters. The minimum atomic E-state index is 0.0413. The SMILES string of the molecule is NCC1CCCC1OCC(=O)NC1CCCC1. The van der Waals surface area contributed by atoms with Crippen molar-refractivity contribution in [2.75, 3.05) is 13.2 Å². The van der Waals surface area contributed by atoms with Crippen LogP contribution in [0.3, 0.4) is 0 Å². The highest BCUT2D eigenvalue weighted by Gasteiger charge is 2.27. The van der Waals surface area contributed by atoms with E-state index in [4.69, 9.17) is 10.5 Å². The third kappa shape index (κ3) is 3.68. The van der Waals surface area contributed by atoms with E-state index in [-0.39, 0.29) is 18.6 Å². The largest absolute Gasteiger partial charge is 0.368 e. The zero-order valence-corrected chi connectivity index (χ0v) is 10.5. The third-order valence-electron chi connectivity index (χ3n) is 4.04. The first-order chi connectivity index (χ1) is 8.29. The van der Waals surface area contributed by atoms with Crippen LogP contribution in [0, 0.1) is 5.92 Å². The van der Waals surface area contributed by atoms with Crippen molar-refractivity contribution in [3.05, 3.63) is 0 Å². The molecule has 2 aliphatic rings. The van der Waals surface area contributed by atoms with Gasteiger partial charge in [-0.25, -0.2) is 0 Å². The zero-order valence-electron chi connectivity index (χ0n) is 10.5. The van der Waals surface area contributed by atoms with Crippen LogP contribution < -0.4 is 11.1 Å². The molecule has 2 rings (SSSR count). The molecular weight excluding hydrogens is 216 g/mol. The lowest BCUT2D eigenvalue weighted by Crippen LogP contribution is -2.37. The van der Waals surface area contributed by atoms with Gasteiger partial charge in [0.15, 0.2) is 0 Å². The average Bonchev–Trinajstić information content (AvgIpc) is 2.96. The van der Waals surface area contributed by atoms with Crippen molar-refractivity contribution in [1.29, 1.82) is 0 Å². The maximum atomic E-state index is 11.7. The average molecular weight is 240 g/mol. The van der Waals surface area contributed by atoms with Crippen LogP contribution in [-0.4, -0.2) is 31.2 Å². The summed E-state index contributed by atoms with van der Waals surface area (Å²) in [7, 11) is 0. The van der Waals surface area contributed by atoms with Gasteiger partial charge in [0.1, 0.15) is 6.61 Å². The van der Waals surface area contributed by atoms with Crippen LogP contribution in [-0.2, 0) is 9.53 Å². The molecule has 0 aliphatic heterocycles. The molecule has 98 valence electrons. The van der Waals surface area contributed by atoms with Crippen LogP contribution in [0.1, 0.15) is 44.9 Å². The van der Waals surface area contributed by atoms with E-state index < -0.39 is 0 Å². The number of rotatable bonds is 5. The standard InChI is InChI=1S/C13H24N2O2/c14-8-10-4-3-7-12(10)17-9-13(16)15-11-5-1-2-6-11/h10-12H,1-9,14H2,(H,15,16). The summed E-state index contributed by atoms with van der Waals surface area (Å²) in [5.74, 6) is 0.494. The predicted molar refractivity (Wildman–Crippen MR) is 66.5 cm³/mol. The molecule has 0 saturated heterocycles. The first-order valence-electron chi connectivity index (χ1n) is 6.90. The fourth-order valence-corrected chi connectivity index (χ4v) is 3.01. The molecule has 4 heteroatoms. The van der Waals surface area contributed by atoms with Gasteiger partial charge in [-0.3, -0.25) is 4.79 Å². The molecule has 0 spiro atoms. The van der Waals surface area contributed by atoms with E-state index in [9.17, 15) is 4.79 Å². The molecule has 0 aromatic rings. The van der Waals surface area contributed by atoms with Gasteiger partial charge in [-0.1, -0.05) is 19.3 Å². The lowest BCUT2D eigenvalue weighted by Gasteiger charge is -2.19. The number of nitrogens with one attached hydrogen (secondary N) is 1. The van der Waals surface area contributed by atoms with Crippen LogP contribution in [0.15, 0.2) is 0 Å². The van der Waals surface area contributed by atoms with E-state index in [1.165, 1.54) is 19.3 Å². The number of nitrogens with two attached hydrogens (primary N) is 1. The van der Waals surface area contributed by atoms with Gasteiger partial charge in [-0.15, -0.1) is 0 Å². The smallest absolute Gasteiger partial charge is 0.246 e. The van der Waals surface area contributed by atoms with Crippen molar-refractivity contribution in [3.8, 4) is 0 Å². The van der Waals surface area contributed by atoms with Gasteiger partial charge < -0.3 is 15.8 Å². The molecule has 0 aromatic carbocycles. The Balaban J connectivity index is 1.65. The molecular formula is C13H24N2O2. The highest BCUT2D eigenvalue weighted by molar-refractivity contribution is 5.77. The van der Waals surface area contributed by atoms with Crippen molar-refractivity contribution in [1.82, 2.24) is 5.32 Å². The van der Waals surface area contributed by atoms with Gasteiger partial charge in [0.2, 0.25) is 5.91 Å². The summed E-state index contributed by atoms with van der Waals surface area (Å²) in [6.45, 7) is 0.882. The minimum absolute atomic E-state index is 0.0413. The van der Waals surface area contributed by atoms with E-state index in [2.05, 4.69) is 5.32 Å². The van der Waals surface area contributed by atoms with Crippen LogP contribution in [0.4, 0.5) is 0 Å². The molecule has 0 aromatic heterocycles. The van der Waals surface area contributed by atoms with Crippen LogP contribution in [0.2, 0.25) is 0 Å². The molecule has 0 radical (unpaired) electrons. The van der Waals surface area contributed by atoms with E-state index in [0.717, 1.165) is 25.7 Å². The molecule has 4 nitrogen and oxygen atoms in total. The van der Waals surface area contributed by atoms with E-state index in [1.54, 1.807) is 0 Å². The Labute approximate surface area is 103 Å². The molecule has 17 heavy (non-hydrogen) atoms. The fourth-order valence-electron chi connectivity index (χ4n) is 3.01. The third-order valence-corrected chi connectivity index (χ3v) is 4.04. The van der Waals surface area contributed by atoms with Crippen molar-refractivity contribution >= 4 is 5.91 Å². The topological polar surface area (TPSA) is 64.3 Å². The molecule has 0 heterocycles. The van der Waals surface area contributed by atoms with E-state index in [1.807, 2.05) is 0 Å². The number of ether oxygens (including phenoxy) is 1. The zero-order chi connectivity index (χ0) is 12.1. The first-order valence-corrected chi connectivity index (χ1v) is 6.90. The van der Waals surface area contributed by atoms with Crippen molar-refractivity contribution in [2.45, 2.75) is 57.1 Å². The highest BCUT2D eigenvalue weighted by atomic mass is 16.5. The number of hydrogen-bond donors (Lipinski definition) is 2.